The van der Waals surface area contributed by atoms with E-state index in [4.69, 9.17) is 0 Å². The van der Waals surface area contributed by atoms with E-state index in [1.54, 1.807) is 13.2 Å². The van der Waals surface area contributed by atoms with Crippen LogP contribution >= 0.6 is 0 Å². The maximum Gasteiger partial charge on any atom is 0.243 e. The second-order valence-electron chi connectivity index (χ2n) is 8.44. The molecule has 1 aromatic carbocycles. The Morgan fingerprint density at radius 3 is 2.72 bits per heavy atom. The first kappa shape index (κ1) is 23.7. The summed E-state index contributed by atoms with van der Waals surface area (Å²) in [6.07, 6.45) is 4.65. The lowest BCUT2D eigenvalue weighted by Gasteiger charge is -2.33. The van der Waals surface area contributed by atoms with Crippen LogP contribution in [0.5, 0.6) is 0 Å². The minimum Gasteiger partial charge on any atom is -0.351 e. The van der Waals surface area contributed by atoms with Crippen molar-refractivity contribution in [2.75, 3.05) is 43.9 Å². The smallest absolute Gasteiger partial charge is 0.243 e. The average Bonchev–Trinajstić information content (AvgIpc) is 3.26. The zero-order valence-corrected chi connectivity index (χ0v) is 19.5. The molecule has 2 amide bonds. The van der Waals surface area contributed by atoms with E-state index < -0.39 is 0 Å². The monoisotopic (exact) mass is 438 g/mol. The quantitative estimate of drug-likeness (QED) is 0.648. The number of nitrogens with zero attached hydrogens (tertiary/aromatic N) is 5. The Morgan fingerprint density at radius 1 is 1.22 bits per heavy atom. The minimum absolute atomic E-state index is 0.0181. The predicted octanol–water partition coefficient (Wildman–Crippen LogP) is 2.43. The minimum atomic E-state index is -0.333. The molecule has 2 atom stereocenters. The number of benzene rings is 1. The zero-order chi connectivity index (χ0) is 23.1. The van der Waals surface area contributed by atoms with Crippen LogP contribution in [0, 0.1) is 0 Å². The van der Waals surface area contributed by atoms with Crippen molar-refractivity contribution < 1.29 is 9.59 Å². The molecular weight excluding hydrogens is 404 g/mol. The number of anilines is 2. The van der Waals surface area contributed by atoms with Crippen molar-refractivity contribution in [3.63, 3.8) is 0 Å². The van der Waals surface area contributed by atoms with E-state index in [9.17, 15) is 9.59 Å². The summed E-state index contributed by atoms with van der Waals surface area (Å²) >= 11 is 0. The van der Waals surface area contributed by atoms with Gasteiger partial charge >= 0.3 is 0 Å². The van der Waals surface area contributed by atoms with Gasteiger partial charge in [0.2, 0.25) is 11.8 Å². The molecule has 1 saturated heterocycles. The Morgan fingerprint density at radius 2 is 2.00 bits per heavy atom. The summed E-state index contributed by atoms with van der Waals surface area (Å²) in [5, 5.41) is 11.2. The summed E-state index contributed by atoms with van der Waals surface area (Å²) < 4.78 is 0. The van der Waals surface area contributed by atoms with E-state index in [1.807, 2.05) is 57.3 Å². The van der Waals surface area contributed by atoms with Gasteiger partial charge < -0.3 is 15.1 Å². The van der Waals surface area contributed by atoms with Crippen LogP contribution in [0.3, 0.4) is 0 Å². The molecule has 8 nitrogen and oxygen atoms in total. The number of aromatic nitrogens is 2. The van der Waals surface area contributed by atoms with Crippen molar-refractivity contribution in [3.8, 4) is 0 Å². The second-order valence-corrected chi connectivity index (χ2v) is 8.44. The van der Waals surface area contributed by atoms with Crippen LogP contribution in [-0.4, -0.2) is 77.6 Å². The fourth-order valence-corrected chi connectivity index (χ4v) is 4.21. The van der Waals surface area contributed by atoms with Gasteiger partial charge in [-0.1, -0.05) is 25.1 Å². The van der Waals surface area contributed by atoms with Crippen molar-refractivity contribution in [3.05, 3.63) is 48.2 Å². The summed E-state index contributed by atoms with van der Waals surface area (Å²) in [6.45, 7) is 5.65. The van der Waals surface area contributed by atoms with Crippen LogP contribution in [-0.2, 0) is 16.0 Å². The highest BCUT2D eigenvalue weighted by Gasteiger charge is 2.30. The first-order valence-corrected chi connectivity index (χ1v) is 11.3. The fraction of sp³-hybridized carbons (Fsp3) is 0.500. The molecule has 2 unspecified atom stereocenters. The van der Waals surface area contributed by atoms with Crippen LogP contribution in [0.25, 0.3) is 0 Å². The number of para-hydroxylation sites is 1. The van der Waals surface area contributed by atoms with Gasteiger partial charge in [-0.2, -0.15) is 5.10 Å². The van der Waals surface area contributed by atoms with Crippen LogP contribution in [0.2, 0.25) is 0 Å². The molecule has 8 heteroatoms. The van der Waals surface area contributed by atoms with Crippen LogP contribution in [0.1, 0.15) is 32.3 Å². The average molecular weight is 439 g/mol. The molecule has 1 aliphatic heterocycles. The van der Waals surface area contributed by atoms with E-state index in [1.165, 1.54) is 4.90 Å². The highest BCUT2D eigenvalue weighted by molar-refractivity contribution is 5.95. The van der Waals surface area contributed by atoms with Gasteiger partial charge in [-0.15, -0.1) is 5.10 Å². The van der Waals surface area contributed by atoms with Gasteiger partial charge in [0, 0.05) is 38.1 Å². The molecule has 1 aromatic heterocycles. The van der Waals surface area contributed by atoms with Crippen molar-refractivity contribution in [2.24, 2.45) is 0 Å². The molecule has 0 radical (unpaired) electrons. The Hall–Kier alpha value is -3.00. The summed E-state index contributed by atoms with van der Waals surface area (Å²) in [4.78, 5) is 31.3. The van der Waals surface area contributed by atoms with Crippen molar-refractivity contribution in [1.29, 1.82) is 0 Å². The maximum atomic E-state index is 13.0. The molecule has 0 saturated carbocycles. The van der Waals surface area contributed by atoms with E-state index in [0.29, 0.717) is 0 Å². The maximum absolute atomic E-state index is 13.0. The molecule has 172 valence electrons. The highest BCUT2D eigenvalue weighted by Crippen LogP contribution is 2.24. The molecule has 1 aliphatic rings. The number of amides is 2. The number of rotatable bonds is 9. The number of hydrogen-bond acceptors (Lipinski definition) is 6. The zero-order valence-electron chi connectivity index (χ0n) is 19.5. The van der Waals surface area contributed by atoms with Crippen LogP contribution in [0.4, 0.5) is 11.5 Å². The first-order chi connectivity index (χ1) is 15.4. The normalized spacial score (nSPS) is 16.8. The lowest BCUT2D eigenvalue weighted by atomic mass is 10.1. The molecule has 32 heavy (non-hydrogen) atoms. The van der Waals surface area contributed by atoms with Crippen molar-refractivity contribution in [1.82, 2.24) is 20.0 Å². The molecule has 3 rings (SSSR count). The molecule has 0 aliphatic carbocycles. The molecule has 1 fully saturated rings. The summed E-state index contributed by atoms with van der Waals surface area (Å²) in [5.41, 5.74) is 1.88. The van der Waals surface area contributed by atoms with E-state index in [0.717, 1.165) is 49.4 Å². The number of hydrogen-bond donors (Lipinski definition) is 1. The lowest BCUT2D eigenvalue weighted by molar-refractivity contribution is -0.137. The van der Waals surface area contributed by atoms with E-state index in [-0.39, 0.29) is 30.4 Å². The molecule has 2 aromatic rings. The molecule has 2 heterocycles. The summed E-state index contributed by atoms with van der Waals surface area (Å²) in [7, 11) is 3.64. The lowest BCUT2D eigenvalue weighted by Crippen LogP contribution is -2.49. The second kappa shape index (κ2) is 11.0. The van der Waals surface area contributed by atoms with Crippen molar-refractivity contribution >= 4 is 23.3 Å². The van der Waals surface area contributed by atoms with Gasteiger partial charge in [0.15, 0.2) is 5.82 Å². The Labute approximate surface area is 190 Å². The largest absolute Gasteiger partial charge is 0.351 e. The van der Waals surface area contributed by atoms with Gasteiger partial charge in [0.05, 0.1) is 12.6 Å². The SMILES string of the molecule is CCc1ccccc1NC(=O)CN(C)C(=O)C(C)N(C)CC1CCCN1c1cccnn1. The van der Waals surface area contributed by atoms with E-state index in [2.05, 4.69) is 25.3 Å². The topological polar surface area (TPSA) is 81.7 Å². The Bertz CT molecular complexity index is 906. The number of nitrogens with one attached hydrogen (secondary N) is 1. The van der Waals surface area contributed by atoms with Gasteiger partial charge in [0.25, 0.3) is 0 Å². The van der Waals surface area contributed by atoms with Crippen LogP contribution in [0.15, 0.2) is 42.6 Å². The molecule has 1 N–H and O–H groups in total. The number of aryl methyl sites for hydroxylation is 1. The highest BCUT2D eigenvalue weighted by atomic mass is 16.2. The van der Waals surface area contributed by atoms with Gasteiger partial charge in [-0.25, -0.2) is 0 Å². The molecule has 0 bridgehead atoms. The predicted molar refractivity (Wildman–Crippen MR) is 127 cm³/mol. The third-order valence-corrected chi connectivity index (χ3v) is 6.18. The van der Waals surface area contributed by atoms with Crippen LogP contribution < -0.4 is 10.2 Å². The number of likely N-dealkylation sites (N-methyl/N-ethyl adjacent to an activating group) is 2. The Balaban J connectivity index is 1.54. The third-order valence-electron chi connectivity index (χ3n) is 6.18. The molecule has 0 spiro atoms. The van der Waals surface area contributed by atoms with E-state index >= 15 is 0 Å². The van der Waals surface area contributed by atoms with Gasteiger partial charge in [0.1, 0.15) is 0 Å². The summed E-state index contributed by atoms with van der Waals surface area (Å²) in [5.74, 6) is 0.611. The third kappa shape index (κ3) is 5.82. The Kier molecular flexibility index (Phi) is 8.16. The first-order valence-electron chi connectivity index (χ1n) is 11.3. The van der Waals surface area contributed by atoms with Gasteiger partial charge in [-0.3, -0.25) is 14.5 Å². The summed E-state index contributed by atoms with van der Waals surface area (Å²) in [6, 6.07) is 11.6. The van der Waals surface area contributed by atoms with Crippen molar-refractivity contribution in [2.45, 2.75) is 45.2 Å². The van der Waals surface area contributed by atoms with Gasteiger partial charge in [-0.05, 0) is 57.0 Å². The fourth-order valence-electron chi connectivity index (χ4n) is 4.21. The number of carbonyl (C=O) groups excluding carboxylic acids is 2. The molecular formula is C24H34N6O2. The number of carbonyl (C=O) groups is 2. The standard InChI is InChI=1S/C24H34N6O2/c1-5-19-10-6-7-12-21(19)26-23(31)17-29(4)24(32)18(2)28(3)16-20-11-9-15-30(20)22-13-8-14-25-27-22/h6-8,10,12-14,18,20H,5,9,11,15-17H2,1-4H3,(H,26,31).